The van der Waals surface area contributed by atoms with Crippen LogP contribution in [0.25, 0.3) is 10.8 Å². The van der Waals surface area contributed by atoms with Crippen molar-refractivity contribution in [3.63, 3.8) is 0 Å². The molecule has 2 N–H and O–H groups in total. The van der Waals surface area contributed by atoms with Crippen molar-refractivity contribution in [3.8, 4) is 5.75 Å². The minimum atomic E-state index is -0.307. The van der Waals surface area contributed by atoms with E-state index in [0.717, 1.165) is 21.9 Å². The quantitative estimate of drug-likeness (QED) is 0.582. The second-order valence-electron chi connectivity index (χ2n) is 8.23. The molecule has 7 nitrogen and oxygen atoms in total. The van der Waals surface area contributed by atoms with E-state index in [4.69, 9.17) is 4.74 Å². The van der Waals surface area contributed by atoms with Crippen LogP contribution in [0.15, 0.2) is 60.7 Å². The van der Waals surface area contributed by atoms with Gasteiger partial charge in [-0.2, -0.15) is 0 Å². The molecule has 0 radical (unpaired) electrons. The number of phenols is 1. The number of benzene rings is 3. The number of fused-ring (bicyclic) bond motifs is 1. The molecule has 3 aromatic rings. The number of piperazine rings is 1. The Morgan fingerprint density at radius 1 is 1.00 bits per heavy atom. The summed E-state index contributed by atoms with van der Waals surface area (Å²) in [5.74, 6) is -0.307. The Kier molecular flexibility index (Phi) is 7.22. The lowest BCUT2D eigenvalue weighted by atomic mass is 9.98. The number of methoxy groups -OCH3 is 1. The lowest BCUT2D eigenvalue weighted by Crippen LogP contribution is -2.49. The molecule has 0 atom stereocenters. The molecule has 33 heavy (non-hydrogen) atoms. The molecule has 172 valence electrons. The number of ether oxygens (including phenoxy) is 1. The van der Waals surface area contributed by atoms with Gasteiger partial charge in [-0.3, -0.25) is 14.5 Å². The van der Waals surface area contributed by atoms with E-state index < -0.39 is 0 Å². The zero-order valence-electron chi connectivity index (χ0n) is 18.8. The molecular weight excluding hydrogens is 418 g/mol. The minimum Gasteiger partial charge on any atom is -0.507 e. The summed E-state index contributed by atoms with van der Waals surface area (Å²) in [6.07, 6.45) is 0. The highest BCUT2D eigenvalue weighted by molar-refractivity contribution is 6.03. The monoisotopic (exact) mass is 447 g/mol. The van der Waals surface area contributed by atoms with E-state index >= 15 is 0 Å². The Bertz CT molecular complexity index is 1130. The zero-order chi connectivity index (χ0) is 23.2. The highest BCUT2D eigenvalue weighted by Gasteiger charge is 2.24. The van der Waals surface area contributed by atoms with Crippen LogP contribution in [-0.4, -0.2) is 66.6 Å². The molecule has 1 aliphatic heterocycles. The predicted molar refractivity (Wildman–Crippen MR) is 127 cm³/mol. The van der Waals surface area contributed by atoms with Crippen LogP contribution in [0.3, 0.4) is 0 Å². The third-order valence-electron chi connectivity index (χ3n) is 6.04. The highest BCUT2D eigenvalue weighted by atomic mass is 16.5. The molecular formula is C26H29N3O4. The van der Waals surface area contributed by atoms with Gasteiger partial charge >= 0.3 is 0 Å². The molecule has 0 aromatic heterocycles. The first-order valence-electron chi connectivity index (χ1n) is 11.1. The number of hydrogen-bond acceptors (Lipinski definition) is 5. The van der Waals surface area contributed by atoms with Crippen molar-refractivity contribution in [3.05, 3.63) is 77.4 Å². The van der Waals surface area contributed by atoms with Gasteiger partial charge in [-0.15, -0.1) is 0 Å². The fraction of sp³-hybridized carbons (Fsp3) is 0.308. The number of aromatic hydroxyl groups is 1. The van der Waals surface area contributed by atoms with E-state index in [9.17, 15) is 14.7 Å². The van der Waals surface area contributed by atoms with Gasteiger partial charge in [0.1, 0.15) is 12.4 Å². The van der Waals surface area contributed by atoms with Crippen molar-refractivity contribution in [2.24, 2.45) is 0 Å². The minimum absolute atomic E-state index is 0.0113. The number of hydrogen-bond donors (Lipinski definition) is 2. The van der Waals surface area contributed by atoms with Gasteiger partial charge < -0.3 is 20.1 Å². The van der Waals surface area contributed by atoms with Gasteiger partial charge in [0.25, 0.3) is 5.91 Å². The number of carbonyl (C=O) groups is 2. The molecule has 1 heterocycles. The number of nitrogens with one attached hydrogen (secondary N) is 1. The lowest BCUT2D eigenvalue weighted by Gasteiger charge is -2.35. The fourth-order valence-corrected chi connectivity index (χ4v) is 4.21. The summed E-state index contributed by atoms with van der Waals surface area (Å²) in [5, 5.41) is 15.9. The maximum Gasteiger partial charge on any atom is 0.255 e. The van der Waals surface area contributed by atoms with E-state index in [1.54, 1.807) is 11.0 Å². The summed E-state index contributed by atoms with van der Waals surface area (Å²) in [6.45, 7) is 3.57. The predicted octanol–water partition coefficient (Wildman–Crippen LogP) is 2.77. The maximum atomic E-state index is 13.0. The number of carbonyl (C=O) groups excluding carboxylic acids is 2. The molecule has 4 rings (SSSR count). The van der Waals surface area contributed by atoms with Crippen LogP contribution in [0.5, 0.6) is 5.75 Å². The number of rotatable bonds is 7. The second-order valence-corrected chi connectivity index (χ2v) is 8.23. The Labute approximate surface area is 193 Å². The lowest BCUT2D eigenvalue weighted by molar-refractivity contribution is -0.136. The Morgan fingerprint density at radius 3 is 2.42 bits per heavy atom. The Balaban J connectivity index is 1.53. The van der Waals surface area contributed by atoms with E-state index in [2.05, 4.69) is 10.2 Å². The van der Waals surface area contributed by atoms with Crippen molar-refractivity contribution in [1.29, 1.82) is 0 Å². The molecule has 1 saturated heterocycles. The summed E-state index contributed by atoms with van der Waals surface area (Å²) in [6, 6.07) is 19.2. The van der Waals surface area contributed by atoms with Crippen LogP contribution in [0.2, 0.25) is 0 Å². The first-order valence-corrected chi connectivity index (χ1v) is 11.1. The van der Waals surface area contributed by atoms with Crippen LogP contribution < -0.4 is 5.32 Å². The van der Waals surface area contributed by atoms with Gasteiger partial charge in [0.2, 0.25) is 5.91 Å². The van der Waals surface area contributed by atoms with Crippen molar-refractivity contribution in [2.75, 3.05) is 39.9 Å². The van der Waals surface area contributed by atoms with Gasteiger partial charge in [0.15, 0.2) is 0 Å². The summed E-state index contributed by atoms with van der Waals surface area (Å²) in [4.78, 5) is 29.0. The topological polar surface area (TPSA) is 82.1 Å². The summed E-state index contributed by atoms with van der Waals surface area (Å²) < 4.78 is 4.95. The van der Waals surface area contributed by atoms with E-state index in [1.165, 1.54) is 7.11 Å². The molecule has 0 saturated carbocycles. The molecule has 0 aliphatic carbocycles. The van der Waals surface area contributed by atoms with Crippen LogP contribution in [0, 0.1) is 0 Å². The smallest absolute Gasteiger partial charge is 0.255 e. The molecule has 1 fully saturated rings. The summed E-state index contributed by atoms with van der Waals surface area (Å²) in [7, 11) is 1.52. The van der Waals surface area contributed by atoms with E-state index in [0.29, 0.717) is 39.3 Å². The molecule has 7 heteroatoms. The van der Waals surface area contributed by atoms with Gasteiger partial charge in [-0.1, -0.05) is 54.6 Å². The Morgan fingerprint density at radius 2 is 1.70 bits per heavy atom. The van der Waals surface area contributed by atoms with Crippen molar-refractivity contribution in [2.45, 2.75) is 13.1 Å². The third-order valence-corrected chi connectivity index (χ3v) is 6.04. The zero-order valence-corrected chi connectivity index (χ0v) is 18.8. The number of nitrogens with zero attached hydrogens (tertiary/aromatic N) is 2. The summed E-state index contributed by atoms with van der Waals surface area (Å²) >= 11 is 0. The highest BCUT2D eigenvalue weighted by Crippen LogP contribution is 2.33. The van der Waals surface area contributed by atoms with Crippen LogP contribution >= 0.6 is 0 Å². The molecule has 3 aromatic carbocycles. The van der Waals surface area contributed by atoms with Crippen molar-refractivity contribution in [1.82, 2.24) is 15.1 Å². The summed E-state index contributed by atoms with van der Waals surface area (Å²) in [5.41, 5.74) is 2.00. The SMILES string of the molecule is COCC(=O)N1CCN(Cc2c(O)c(C(=O)NCc3ccccc3)cc3ccccc23)CC1. The Hall–Kier alpha value is -3.42. The number of amides is 2. The standard InChI is InChI=1S/C26H29N3O4/c1-33-18-24(30)29-13-11-28(12-14-29)17-23-21-10-6-5-9-20(21)15-22(25(23)31)26(32)27-16-19-7-3-2-4-8-19/h2-10,15,31H,11-14,16-18H2,1H3,(H,27,32). The normalized spacial score (nSPS) is 14.4. The van der Waals surface area contributed by atoms with Crippen LogP contribution in [-0.2, 0) is 22.6 Å². The molecule has 0 spiro atoms. The molecule has 1 aliphatic rings. The van der Waals surface area contributed by atoms with Crippen LogP contribution in [0.1, 0.15) is 21.5 Å². The van der Waals surface area contributed by atoms with Gasteiger partial charge in [0, 0.05) is 51.9 Å². The van der Waals surface area contributed by atoms with Gasteiger partial charge in [0.05, 0.1) is 5.56 Å². The molecule has 0 bridgehead atoms. The van der Waals surface area contributed by atoms with Crippen molar-refractivity contribution >= 4 is 22.6 Å². The average molecular weight is 448 g/mol. The fourth-order valence-electron chi connectivity index (χ4n) is 4.21. The van der Waals surface area contributed by atoms with E-state index in [-0.39, 0.29) is 29.7 Å². The largest absolute Gasteiger partial charge is 0.507 e. The first kappa shape index (κ1) is 22.8. The molecule has 2 amide bonds. The van der Waals surface area contributed by atoms with E-state index in [1.807, 2.05) is 54.6 Å². The average Bonchev–Trinajstić information content (AvgIpc) is 2.85. The first-order chi connectivity index (χ1) is 16.1. The maximum absolute atomic E-state index is 13.0. The van der Waals surface area contributed by atoms with Crippen LogP contribution in [0.4, 0.5) is 0 Å². The van der Waals surface area contributed by atoms with Gasteiger partial charge in [-0.25, -0.2) is 0 Å². The van der Waals surface area contributed by atoms with Crippen molar-refractivity contribution < 1.29 is 19.4 Å². The van der Waals surface area contributed by atoms with Gasteiger partial charge in [-0.05, 0) is 22.4 Å². The number of phenolic OH excluding ortho intramolecular Hbond substituents is 1. The third kappa shape index (κ3) is 5.32. The molecule has 0 unspecified atom stereocenters. The second kappa shape index (κ2) is 10.5.